The van der Waals surface area contributed by atoms with E-state index in [0.717, 1.165) is 12.3 Å². The average Bonchev–Trinajstić information content (AvgIpc) is 2.32. The Bertz CT molecular complexity index is 407. The summed E-state index contributed by atoms with van der Waals surface area (Å²) in [4.78, 5) is 2.10. The monoisotopic (exact) mass is 266 g/mol. The van der Waals surface area contributed by atoms with Crippen LogP contribution in [0.15, 0.2) is 12.1 Å². The third-order valence-corrected chi connectivity index (χ3v) is 3.25. The zero-order valence-electron chi connectivity index (χ0n) is 12.4. The standard InChI is InChI=1S/C15H26N2O2/c1-11-7-12(2)14(15(8-11)19-4)10-17(3)9-13(18)5-6-16/h7-8,13,18H,5-6,9-10,16H2,1-4H3. The van der Waals surface area contributed by atoms with Gasteiger partial charge in [-0.1, -0.05) is 6.07 Å². The van der Waals surface area contributed by atoms with Gasteiger partial charge in [0.1, 0.15) is 5.75 Å². The molecule has 0 aromatic heterocycles. The first-order valence-electron chi connectivity index (χ1n) is 6.68. The predicted octanol–water partition coefficient (Wildman–Crippen LogP) is 1.45. The molecule has 0 aliphatic carbocycles. The molecule has 0 saturated heterocycles. The van der Waals surface area contributed by atoms with Crippen molar-refractivity contribution in [3.05, 3.63) is 28.8 Å². The molecule has 1 aromatic rings. The Hall–Kier alpha value is -1.10. The van der Waals surface area contributed by atoms with E-state index in [1.807, 2.05) is 13.1 Å². The maximum atomic E-state index is 9.78. The third-order valence-electron chi connectivity index (χ3n) is 3.25. The second-order valence-electron chi connectivity index (χ2n) is 5.19. The summed E-state index contributed by atoms with van der Waals surface area (Å²) in [6, 6.07) is 4.20. The Labute approximate surface area is 116 Å². The van der Waals surface area contributed by atoms with E-state index in [-0.39, 0.29) is 6.10 Å². The Morgan fingerprint density at radius 1 is 1.37 bits per heavy atom. The summed E-state index contributed by atoms with van der Waals surface area (Å²) in [6.45, 7) is 6.05. The van der Waals surface area contributed by atoms with E-state index in [1.54, 1.807) is 7.11 Å². The number of aliphatic hydroxyl groups excluding tert-OH is 1. The SMILES string of the molecule is COc1cc(C)cc(C)c1CN(C)CC(O)CCN. The predicted molar refractivity (Wildman–Crippen MR) is 78.5 cm³/mol. The van der Waals surface area contributed by atoms with Crippen molar-refractivity contribution in [1.82, 2.24) is 4.90 Å². The number of nitrogens with two attached hydrogens (primary N) is 1. The fourth-order valence-corrected chi connectivity index (χ4v) is 2.32. The molecule has 1 aromatic carbocycles. The molecule has 0 aliphatic rings. The summed E-state index contributed by atoms with van der Waals surface area (Å²) < 4.78 is 5.45. The molecule has 0 heterocycles. The lowest BCUT2D eigenvalue weighted by molar-refractivity contribution is 0.116. The van der Waals surface area contributed by atoms with Gasteiger partial charge in [0.2, 0.25) is 0 Å². The lowest BCUT2D eigenvalue weighted by atomic mass is 10.0. The number of rotatable bonds is 7. The number of benzene rings is 1. The quantitative estimate of drug-likeness (QED) is 0.784. The van der Waals surface area contributed by atoms with Crippen molar-refractivity contribution in [1.29, 1.82) is 0 Å². The van der Waals surface area contributed by atoms with Gasteiger partial charge in [-0.05, 0) is 51.1 Å². The number of ether oxygens (including phenoxy) is 1. The van der Waals surface area contributed by atoms with E-state index < -0.39 is 0 Å². The van der Waals surface area contributed by atoms with Crippen LogP contribution in [0.25, 0.3) is 0 Å². The topological polar surface area (TPSA) is 58.7 Å². The van der Waals surface area contributed by atoms with Gasteiger partial charge in [0.05, 0.1) is 13.2 Å². The van der Waals surface area contributed by atoms with Crippen molar-refractivity contribution in [2.45, 2.75) is 32.9 Å². The van der Waals surface area contributed by atoms with Gasteiger partial charge in [-0.3, -0.25) is 4.90 Å². The Morgan fingerprint density at radius 2 is 2.05 bits per heavy atom. The summed E-state index contributed by atoms with van der Waals surface area (Å²) in [7, 11) is 3.69. The summed E-state index contributed by atoms with van der Waals surface area (Å²) in [5, 5.41) is 9.78. The van der Waals surface area contributed by atoms with Gasteiger partial charge in [0.15, 0.2) is 0 Å². The number of nitrogens with zero attached hydrogens (tertiary/aromatic N) is 1. The van der Waals surface area contributed by atoms with E-state index in [4.69, 9.17) is 10.5 Å². The Morgan fingerprint density at radius 3 is 2.63 bits per heavy atom. The Balaban J connectivity index is 2.76. The Kier molecular flexibility index (Phi) is 6.28. The molecular weight excluding hydrogens is 240 g/mol. The lowest BCUT2D eigenvalue weighted by Gasteiger charge is -2.22. The highest BCUT2D eigenvalue weighted by Crippen LogP contribution is 2.25. The summed E-state index contributed by atoms with van der Waals surface area (Å²) in [5.74, 6) is 0.915. The van der Waals surface area contributed by atoms with Crippen molar-refractivity contribution in [2.75, 3.05) is 27.2 Å². The van der Waals surface area contributed by atoms with E-state index >= 15 is 0 Å². The summed E-state index contributed by atoms with van der Waals surface area (Å²) >= 11 is 0. The molecule has 19 heavy (non-hydrogen) atoms. The third kappa shape index (κ3) is 4.82. The first kappa shape index (κ1) is 16.0. The molecule has 1 rings (SSSR count). The normalized spacial score (nSPS) is 12.8. The largest absolute Gasteiger partial charge is 0.496 e. The molecule has 1 unspecified atom stereocenters. The van der Waals surface area contributed by atoms with E-state index in [2.05, 4.69) is 24.8 Å². The zero-order chi connectivity index (χ0) is 14.4. The van der Waals surface area contributed by atoms with Crippen molar-refractivity contribution in [2.24, 2.45) is 5.73 Å². The molecule has 1 atom stereocenters. The molecule has 0 fully saturated rings. The van der Waals surface area contributed by atoms with Crippen LogP contribution in [0, 0.1) is 13.8 Å². The van der Waals surface area contributed by atoms with Crippen LogP contribution >= 0.6 is 0 Å². The minimum atomic E-state index is -0.369. The highest BCUT2D eigenvalue weighted by Gasteiger charge is 2.13. The number of hydrogen-bond donors (Lipinski definition) is 2. The number of aliphatic hydroxyl groups is 1. The number of likely N-dealkylation sites (N-methyl/N-ethyl adjacent to an activating group) is 1. The van der Waals surface area contributed by atoms with Gasteiger partial charge in [-0.15, -0.1) is 0 Å². The molecular formula is C15H26N2O2. The smallest absolute Gasteiger partial charge is 0.123 e. The molecule has 0 bridgehead atoms. The molecule has 108 valence electrons. The first-order chi connectivity index (χ1) is 8.97. The van der Waals surface area contributed by atoms with Crippen molar-refractivity contribution in [3.63, 3.8) is 0 Å². The fourth-order valence-electron chi connectivity index (χ4n) is 2.32. The molecule has 3 N–H and O–H groups in total. The fraction of sp³-hybridized carbons (Fsp3) is 0.600. The van der Waals surface area contributed by atoms with Gasteiger partial charge in [-0.2, -0.15) is 0 Å². The zero-order valence-corrected chi connectivity index (χ0v) is 12.4. The van der Waals surface area contributed by atoms with Gasteiger partial charge in [0.25, 0.3) is 0 Å². The number of methoxy groups -OCH3 is 1. The summed E-state index contributed by atoms with van der Waals surface area (Å²) in [6.07, 6.45) is 0.265. The van der Waals surface area contributed by atoms with Crippen LogP contribution < -0.4 is 10.5 Å². The van der Waals surface area contributed by atoms with Crippen molar-refractivity contribution in [3.8, 4) is 5.75 Å². The highest BCUT2D eigenvalue weighted by atomic mass is 16.5. The second-order valence-corrected chi connectivity index (χ2v) is 5.19. The minimum Gasteiger partial charge on any atom is -0.496 e. The first-order valence-corrected chi connectivity index (χ1v) is 6.68. The maximum absolute atomic E-state index is 9.78. The van der Waals surface area contributed by atoms with Crippen molar-refractivity contribution >= 4 is 0 Å². The van der Waals surface area contributed by atoms with Gasteiger partial charge < -0.3 is 15.6 Å². The average molecular weight is 266 g/mol. The molecule has 4 nitrogen and oxygen atoms in total. The minimum absolute atomic E-state index is 0.369. The van der Waals surface area contributed by atoms with E-state index in [1.165, 1.54) is 16.7 Å². The molecule has 4 heteroatoms. The molecule has 0 aliphatic heterocycles. The van der Waals surface area contributed by atoms with Crippen LogP contribution in [0.4, 0.5) is 0 Å². The van der Waals surface area contributed by atoms with Crippen LogP contribution in [0.5, 0.6) is 5.75 Å². The van der Waals surface area contributed by atoms with Crippen LogP contribution in [0.3, 0.4) is 0 Å². The number of hydrogen-bond acceptors (Lipinski definition) is 4. The molecule has 0 amide bonds. The van der Waals surface area contributed by atoms with Gasteiger partial charge in [-0.25, -0.2) is 0 Å². The second kappa shape index (κ2) is 7.48. The molecule has 0 radical (unpaired) electrons. The molecule has 0 saturated carbocycles. The lowest BCUT2D eigenvalue weighted by Crippen LogP contribution is -2.30. The van der Waals surface area contributed by atoms with Crippen LogP contribution in [0.2, 0.25) is 0 Å². The van der Waals surface area contributed by atoms with Crippen LogP contribution in [-0.4, -0.2) is 43.4 Å². The maximum Gasteiger partial charge on any atom is 0.123 e. The number of aryl methyl sites for hydroxylation is 2. The van der Waals surface area contributed by atoms with Crippen molar-refractivity contribution < 1.29 is 9.84 Å². The summed E-state index contributed by atoms with van der Waals surface area (Å²) in [5.41, 5.74) is 9.04. The van der Waals surface area contributed by atoms with Crippen LogP contribution in [0.1, 0.15) is 23.1 Å². The van der Waals surface area contributed by atoms with E-state index in [9.17, 15) is 5.11 Å². The van der Waals surface area contributed by atoms with Gasteiger partial charge in [0, 0.05) is 18.7 Å². The van der Waals surface area contributed by atoms with Crippen LogP contribution in [-0.2, 0) is 6.54 Å². The highest BCUT2D eigenvalue weighted by molar-refractivity contribution is 5.42. The van der Waals surface area contributed by atoms with E-state index in [0.29, 0.717) is 19.5 Å². The van der Waals surface area contributed by atoms with Gasteiger partial charge >= 0.3 is 0 Å². The molecule has 0 spiro atoms.